The normalized spacial score (nSPS) is 15.3. The second kappa shape index (κ2) is 9.54. The lowest BCUT2D eigenvalue weighted by atomic mass is 10.3. The summed E-state index contributed by atoms with van der Waals surface area (Å²) >= 11 is 0. The Morgan fingerprint density at radius 3 is 2.52 bits per heavy atom. The van der Waals surface area contributed by atoms with Crippen LogP contribution in [0.4, 0.5) is 24.5 Å². The number of hydrogen-bond donors (Lipinski definition) is 2. The summed E-state index contributed by atoms with van der Waals surface area (Å²) in [6, 6.07) is 11.1. The Morgan fingerprint density at radius 1 is 1.10 bits per heavy atom. The van der Waals surface area contributed by atoms with E-state index in [1.165, 1.54) is 46.8 Å². The fourth-order valence-corrected chi connectivity index (χ4v) is 4.33. The lowest BCUT2D eigenvalue weighted by molar-refractivity contribution is -0.274. The third kappa shape index (κ3) is 6.32. The van der Waals surface area contributed by atoms with Crippen molar-refractivity contribution >= 4 is 27.3 Å². The molecule has 168 valence electrons. The molecule has 3 rings (SSSR count). The zero-order chi connectivity index (χ0) is 22.5. The maximum Gasteiger partial charge on any atom is 0.573 e. The third-order valence-corrected chi connectivity index (χ3v) is 6.17. The molecule has 0 radical (unpaired) electrons. The van der Waals surface area contributed by atoms with E-state index in [0.29, 0.717) is 13.2 Å². The summed E-state index contributed by atoms with van der Waals surface area (Å²) in [6.45, 7) is 0.727. The average Bonchev–Trinajstić information content (AvgIpc) is 2.73. The van der Waals surface area contributed by atoms with Gasteiger partial charge in [-0.25, -0.2) is 8.42 Å². The fourth-order valence-electron chi connectivity index (χ4n) is 2.88. The third-order valence-electron chi connectivity index (χ3n) is 4.28. The molecule has 2 aromatic rings. The Labute approximate surface area is 177 Å². The summed E-state index contributed by atoms with van der Waals surface area (Å²) in [6.07, 6.45) is -4.87. The van der Waals surface area contributed by atoms with Crippen LogP contribution in [0.25, 0.3) is 0 Å². The number of hydrogen-bond acceptors (Lipinski definition) is 6. The first-order valence-electron chi connectivity index (χ1n) is 9.21. The lowest BCUT2D eigenvalue weighted by Gasteiger charge is -2.26. The Morgan fingerprint density at radius 2 is 1.81 bits per heavy atom. The highest BCUT2D eigenvalue weighted by molar-refractivity contribution is 7.89. The van der Waals surface area contributed by atoms with E-state index in [1.54, 1.807) is 0 Å². The molecule has 0 bridgehead atoms. The van der Waals surface area contributed by atoms with Crippen LogP contribution in [-0.4, -0.2) is 57.8 Å². The first-order valence-corrected chi connectivity index (χ1v) is 10.7. The summed E-state index contributed by atoms with van der Waals surface area (Å²) < 4.78 is 73.3. The van der Waals surface area contributed by atoms with Gasteiger partial charge in [0.05, 0.1) is 30.3 Å². The molecule has 0 atom stereocenters. The van der Waals surface area contributed by atoms with Gasteiger partial charge in [-0.15, -0.1) is 13.2 Å². The largest absolute Gasteiger partial charge is 0.573 e. The molecule has 1 aliphatic rings. The number of para-hydroxylation sites is 2. The second-order valence-electron chi connectivity index (χ2n) is 6.49. The van der Waals surface area contributed by atoms with Crippen molar-refractivity contribution in [2.75, 3.05) is 43.5 Å². The standard InChI is InChI=1S/C19H20F3N3O5S/c20-19(21,22)30-17-7-2-1-6-16(17)23-13-18(26)24-14-4-3-5-15(12-14)31(27,28)25-8-10-29-11-9-25/h1-7,12,23H,8-11,13H2,(H,24,26). The van der Waals surface area contributed by atoms with Crippen LogP contribution >= 0.6 is 0 Å². The van der Waals surface area contributed by atoms with Crippen LogP contribution < -0.4 is 15.4 Å². The van der Waals surface area contributed by atoms with E-state index in [0.717, 1.165) is 6.07 Å². The van der Waals surface area contributed by atoms with Gasteiger partial charge in [0.15, 0.2) is 5.75 Å². The van der Waals surface area contributed by atoms with Crippen molar-refractivity contribution in [2.24, 2.45) is 0 Å². The molecule has 8 nitrogen and oxygen atoms in total. The minimum atomic E-state index is -4.87. The van der Waals surface area contributed by atoms with E-state index in [9.17, 15) is 26.4 Å². The molecule has 31 heavy (non-hydrogen) atoms. The minimum absolute atomic E-state index is 0.0152. The van der Waals surface area contributed by atoms with Crippen molar-refractivity contribution in [3.8, 4) is 5.75 Å². The Balaban J connectivity index is 1.64. The smallest absolute Gasteiger partial charge is 0.404 e. The predicted molar refractivity (Wildman–Crippen MR) is 106 cm³/mol. The van der Waals surface area contributed by atoms with Crippen molar-refractivity contribution in [1.29, 1.82) is 0 Å². The van der Waals surface area contributed by atoms with Crippen LogP contribution in [0.3, 0.4) is 0 Å². The molecule has 12 heteroatoms. The SMILES string of the molecule is O=C(CNc1ccccc1OC(F)(F)F)Nc1cccc(S(=O)(=O)N2CCOCC2)c1. The zero-order valence-corrected chi connectivity index (χ0v) is 17.0. The molecule has 1 amide bonds. The number of benzene rings is 2. The number of halogens is 3. The van der Waals surface area contributed by atoms with Crippen molar-refractivity contribution in [1.82, 2.24) is 4.31 Å². The van der Waals surface area contributed by atoms with Gasteiger partial charge in [0.25, 0.3) is 0 Å². The number of rotatable bonds is 7. The number of morpholine rings is 1. The molecule has 0 saturated carbocycles. The van der Waals surface area contributed by atoms with Gasteiger partial charge in [-0.3, -0.25) is 4.79 Å². The van der Waals surface area contributed by atoms with Crippen LogP contribution in [0, 0.1) is 0 Å². The van der Waals surface area contributed by atoms with Crippen molar-refractivity contribution in [3.05, 3.63) is 48.5 Å². The summed E-state index contributed by atoms with van der Waals surface area (Å²) in [5, 5.41) is 5.10. The van der Waals surface area contributed by atoms with Gasteiger partial charge in [-0.1, -0.05) is 18.2 Å². The van der Waals surface area contributed by atoms with Crippen molar-refractivity contribution < 1.29 is 35.9 Å². The van der Waals surface area contributed by atoms with Gasteiger partial charge in [-0.05, 0) is 30.3 Å². The van der Waals surface area contributed by atoms with Gasteiger partial charge in [-0.2, -0.15) is 4.31 Å². The molecule has 0 aliphatic carbocycles. The van der Waals surface area contributed by atoms with Crippen molar-refractivity contribution in [2.45, 2.75) is 11.3 Å². The maximum atomic E-state index is 12.7. The number of nitrogens with one attached hydrogen (secondary N) is 2. The first-order chi connectivity index (χ1) is 14.6. The predicted octanol–water partition coefficient (Wildman–Crippen LogP) is 2.66. The van der Waals surface area contributed by atoms with Gasteiger partial charge in [0.2, 0.25) is 15.9 Å². The topological polar surface area (TPSA) is 97.0 Å². The summed E-state index contributed by atoms with van der Waals surface area (Å²) in [7, 11) is -3.74. The molecule has 1 heterocycles. The summed E-state index contributed by atoms with van der Waals surface area (Å²) in [5.41, 5.74) is 0.222. The molecule has 2 N–H and O–H groups in total. The molecule has 1 aliphatic heterocycles. The van der Waals surface area contributed by atoms with E-state index >= 15 is 0 Å². The zero-order valence-electron chi connectivity index (χ0n) is 16.2. The number of alkyl halides is 3. The molecule has 0 aromatic heterocycles. The molecule has 0 spiro atoms. The van der Waals surface area contributed by atoms with E-state index in [2.05, 4.69) is 15.4 Å². The number of carbonyl (C=O) groups is 1. The van der Waals surface area contributed by atoms with Crippen LogP contribution in [0.5, 0.6) is 5.75 Å². The number of nitrogens with zero attached hydrogens (tertiary/aromatic N) is 1. The molecular weight excluding hydrogens is 439 g/mol. The second-order valence-corrected chi connectivity index (χ2v) is 8.43. The van der Waals surface area contributed by atoms with Gasteiger partial charge >= 0.3 is 6.36 Å². The summed E-state index contributed by atoms with van der Waals surface area (Å²) in [5.74, 6) is -1.05. The van der Waals surface area contributed by atoms with Gasteiger partial charge in [0, 0.05) is 18.8 Å². The Kier molecular flexibility index (Phi) is 7.03. The Bertz CT molecular complexity index is 1020. The van der Waals surface area contributed by atoms with Crippen LogP contribution in [0.2, 0.25) is 0 Å². The monoisotopic (exact) mass is 459 g/mol. The Hall–Kier alpha value is -2.83. The highest BCUT2D eigenvalue weighted by atomic mass is 32.2. The average molecular weight is 459 g/mol. The number of anilines is 2. The highest BCUT2D eigenvalue weighted by Gasteiger charge is 2.32. The van der Waals surface area contributed by atoms with Crippen LogP contribution in [-0.2, 0) is 19.6 Å². The fraction of sp³-hybridized carbons (Fsp3) is 0.316. The van der Waals surface area contributed by atoms with Crippen LogP contribution in [0.1, 0.15) is 0 Å². The van der Waals surface area contributed by atoms with E-state index in [1.807, 2.05) is 0 Å². The van der Waals surface area contributed by atoms with Crippen LogP contribution in [0.15, 0.2) is 53.4 Å². The molecular formula is C19H20F3N3O5S. The highest BCUT2D eigenvalue weighted by Crippen LogP contribution is 2.29. The van der Waals surface area contributed by atoms with E-state index in [4.69, 9.17) is 4.74 Å². The molecule has 0 unspecified atom stereocenters. The minimum Gasteiger partial charge on any atom is -0.404 e. The van der Waals surface area contributed by atoms with Gasteiger partial charge in [0.1, 0.15) is 0 Å². The number of amides is 1. The maximum absolute atomic E-state index is 12.7. The molecule has 2 aromatic carbocycles. The number of carbonyl (C=O) groups excluding carboxylic acids is 1. The van der Waals surface area contributed by atoms with Gasteiger partial charge < -0.3 is 20.1 Å². The molecule has 1 saturated heterocycles. The first kappa shape index (κ1) is 22.8. The molecule has 1 fully saturated rings. The quantitative estimate of drug-likeness (QED) is 0.661. The van der Waals surface area contributed by atoms with E-state index in [-0.39, 0.29) is 35.9 Å². The number of ether oxygens (including phenoxy) is 2. The van der Waals surface area contributed by atoms with E-state index < -0.39 is 28.0 Å². The summed E-state index contributed by atoms with van der Waals surface area (Å²) in [4.78, 5) is 12.2. The number of sulfonamides is 1. The van der Waals surface area contributed by atoms with Crippen molar-refractivity contribution in [3.63, 3.8) is 0 Å². The lowest BCUT2D eigenvalue weighted by Crippen LogP contribution is -2.40.